The highest BCUT2D eigenvalue weighted by molar-refractivity contribution is 7.13. The summed E-state index contributed by atoms with van der Waals surface area (Å²) in [7, 11) is 0. The standard InChI is InChI=1S/C17H14N2OS/c1-12-11-21-17(18-12)14-9-5-6-10-15(14)19-16(20)13-7-3-2-4-8-13/h2-11H,1H3,(H,19,20). The number of benzene rings is 2. The lowest BCUT2D eigenvalue weighted by Crippen LogP contribution is -2.12. The van der Waals surface area contributed by atoms with Gasteiger partial charge in [0.1, 0.15) is 5.01 Å². The fourth-order valence-electron chi connectivity index (χ4n) is 2.04. The molecule has 0 aliphatic rings. The predicted octanol–water partition coefficient (Wildman–Crippen LogP) is 4.37. The Morgan fingerprint density at radius 3 is 2.48 bits per heavy atom. The summed E-state index contributed by atoms with van der Waals surface area (Å²) in [5, 5.41) is 5.88. The molecule has 0 radical (unpaired) electrons. The van der Waals surface area contributed by atoms with Gasteiger partial charge in [-0.3, -0.25) is 4.79 Å². The van der Waals surface area contributed by atoms with Gasteiger partial charge < -0.3 is 5.32 Å². The molecule has 0 unspecified atom stereocenters. The second-order valence-corrected chi connectivity index (χ2v) is 5.52. The van der Waals surface area contributed by atoms with Gasteiger partial charge in [-0.05, 0) is 31.2 Å². The molecule has 2 aromatic carbocycles. The molecular formula is C17H14N2OS. The molecule has 0 bridgehead atoms. The van der Waals surface area contributed by atoms with Gasteiger partial charge >= 0.3 is 0 Å². The van der Waals surface area contributed by atoms with Gasteiger partial charge in [-0.15, -0.1) is 11.3 Å². The lowest BCUT2D eigenvalue weighted by atomic mass is 10.1. The molecule has 1 aromatic heterocycles. The Hall–Kier alpha value is -2.46. The zero-order valence-electron chi connectivity index (χ0n) is 11.5. The number of anilines is 1. The van der Waals surface area contributed by atoms with Gasteiger partial charge in [0.2, 0.25) is 0 Å². The highest BCUT2D eigenvalue weighted by Crippen LogP contribution is 2.30. The van der Waals surface area contributed by atoms with Gasteiger partial charge in [0.15, 0.2) is 0 Å². The Morgan fingerprint density at radius 1 is 1.05 bits per heavy atom. The number of nitrogens with one attached hydrogen (secondary N) is 1. The van der Waals surface area contributed by atoms with E-state index in [1.54, 1.807) is 23.5 Å². The summed E-state index contributed by atoms with van der Waals surface area (Å²) in [4.78, 5) is 16.8. The zero-order valence-corrected chi connectivity index (χ0v) is 12.4. The summed E-state index contributed by atoms with van der Waals surface area (Å²) in [6.07, 6.45) is 0. The molecule has 3 rings (SSSR count). The van der Waals surface area contributed by atoms with Crippen LogP contribution in [0.2, 0.25) is 0 Å². The molecule has 0 saturated carbocycles. The van der Waals surface area contributed by atoms with Gasteiger partial charge in [-0.1, -0.05) is 30.3 Å². The van der Waals surface area contributed by atoms with Gasteiger partial charge in [0, 0.05) is 22.2 Å². The Morgan fingerprint density at radius 2 is 1.76 bits per heavy atom. The Bertz CT molecular complexity index is 765. The third-order valence-corrected chi connectivity index (χ3v) is 4.05. The Balaban J connectivity index is 1.91. The maximum atomic E-state index is 12.3. The molecule has 4 heteroatoms. The number of nitrogens with zero attached hydrogens (tertiary/aromatic N) is 1. The molecule has 0 saturated heterocycles. The average molecular weight is 294 g/mol. The maximum absolute atomic E-state index is 12.3. The van der Waals surface area contributed by atoms with Gasteiger partial charge in [-0.25, -0.2) is 4.98 Å². The highest BCUT2D eigenvalue weighted by Gasteiger charge is 2.11. The minimum Gasteiger partial charge on any atom is -0.321 e. The van der Waals surface area contributed by atoms with E-state index >= 15 is 0 Å². The number of hydrogen-bond acceptors (Lipinski definition) is 3. The topological polar surface area (TPSA) is 42.0 Å². The van der Waals surface area contributed by atoms with Crippen LogP contribution in [0.5, 0.6) is 0 Å². The lowest BCUT2D eigenvalue weighted by molar-refractivity contribution is 0.102. The van der Waals surface area contributed by atoms with E-state index in [4.69, 9.17) is 0 Å². The van der Waals surface area contributed by atoms with Crippen molar-refractivity contribution in [2.24, 2.45) is 0 Å². The van der Waals surface area contributed by atoms with Crippen LogP contribution in [0, 0.1) is 6.92 Å². The van der Waals surface area contributed by atoms with Crippen molar-refractivity contribution < 1.29 is 4.79 Å². The molecule has 3 aromatic rings. The molecule has 0 fully saturated rings. The van der Waals surface area contributed by atoms with E-state index in [2.05, 4.69) is 10.3 Å². The summed E-state index contributed by atoms with van der Waals surface area (Å²) < 4.78 is 0. The van der Waals surface area contributed by atoms with E-state index in [1.807, 2.05) is 54.8 Å². The molecule has 1 amide bonds. The molecular weight excluding hydrogens is 280 g/mol. The first-order valence-corrected chi connectivity index (χ1v) is 7.50. The second-order valence-electron chi connectivity index (χ2n) is 4.66. The van der Waals surface area contributed by atoms with Crippen LogP contribution in [-0.2, 0) is 0 Å². The van der Waals surface area contributed by atoms with Gasteiger partial charge in [0.25, 0.3) is 5.91 Å². The van der Waals surface area contributed by atoms with Crippen molar-refractivity contribution in [1.82, 2.24) is 4.98 Å². The normalized spacial score (nSPS) is 10.3. The fourth-order valence-corrected chi connectivity index (χ4v) is 2.88. The van der Waals surface area contributed by atoms with E-state index in [0.717, 1.165) is 22.0 Å². The van der Waals surface area contributed by atoms with E-state index in [-0.39, 0.29) is 5.91 Å². The number of rotatable bonds is 3. The summed E-state index contributed by atoms with van der Waals surface area (Å²) in [6.45, 7) is 1.96. The first-order valence-electron chi connectivity index (χ1n) is 6.62. The lowest BCUT2D eigenvalue weighted by Gasteiger charge is -2.09. The maximum Gasteiger partial charge on any atom is 0.255 e. The molecule has 21 heavy (non-hydrogen) atoms. The molecule has 0 atom stereocenters. The van der Waals surface area contributed by atoms with Crippen LogP contribution < -0.4 is 5.32 Å². The largest absolute Gasteiger partial charge is 0.321 e. The molecule has 3 nitrogen and oxygen atoms in total. The summed E-state index contributed by atoms with van der Waals surface area (Å²) >= 11 is 1.58. The van der Waals surface area contributed by atoms with E-state index in [1.165, 1.54) is 0 Å². The van der Waals surface area contributed by atoms with Crippen molar-refractivity contribution in [3.05, 3.63) is 71.2 Å². The number of para-hydroxylation sites is 1. The highest BCUT2D eigenvalue weighted by atomic mass is 32.1. The van der Waals surface area contributed by atoms with Crippen LogP contribution in [-0.4, -0.2) is 10.9 Å². The van der Waals surface area contributed by atoms with Gasteiger partial charge in [0.05, 0.1) is 5.69 Å². The molecule has 0 spiro atoms. The van der Waals surface area contributed by atoms with Crippen LogP contribution >= 0.6 is 11.3 Å². The second kappa shape index (κ2) is 5.89. The third-order valence-electron chi connectivity index (χ3n) is 3.06. The number of aryl methyl sites for hydroxylation is 1. The predicted molar refractivity (Wildman–Crippen MR) is 86.7 cm³/mol. The van der Waals surface area contributed by atoms with Crippen LogP contribution in [0.4, 0.5) is 5.69 Å². The first-order chi connectivity index (χ1) is 10.2. The summed E-state index contributed by atoms with van der Waals surface area (Å²) in [5.74, 6) is -0.115. The monoisotopic (exact) mass is 294 g/mol. The van der Waals surface area contributed by atoms with Crippen LogP contribution in [0.3, 0.4) is 0 Å². The number of carbonyl (C=O) groups excluding carboxylic acids is 1. The number of amides is 1. The average Bonchev–Trinajstić information content (AvgIpc) is 2.95. The summed E-state index contributed by atoms with van der Waals surface area (Å²) in [6, 6.07) is 16.9. The number of hydrogen-bond donors (Lipinski definition) is 1. The molecule has 0 aliphatic heterocycles. The Labute approximate surface area is 127 Å². The number of thiazole rings is 1. The molecule has 1 N–H and O–H groups in total. The molecule has 1 heterocycles. The zero-order chi connectivity index (χ0) is 14.7. The van der Waals surface area contributed by atoms with Crippen LogP contribution in [0.1, 0.15) is 16.1 Å². The Kier molecular flexibility index (Phi) is 3.79. The SMILES string of the molecule is Cc1csc(-c2ccccc2NC(=O)c2ccccc2)n1. The minimum atomic E-state index is -0.115. The van der Waals surface area contributed by atoms with Crippen LogP contribution in [0.15, 0.2) is 60.0 Å². The van der Waals surface area contributed by atoms with Crippen molar-refractivity contribution >= 4 is 22.9 Å². The summed E-state index contributed by atoms with van der Waals surface area (Å²) in [5.41, 5.74) is 3.35. The fraction of sp³-hybridized carbons (Fsp3) is 0.0588. The van der Waals surface area contributed by atoms with Gasteiger partial charge in [-0.2, -0.15) is 0 Å². The minimum absolute atomic E-state index is 0.115. The number of aromatic nitrogens is 1. The molecule has 104 valence electrons. The van der Waals surface area contributed by atoms with E-state index in [9.17, 15) is 4.79 Å². The number of carbonyl (C=O) groups is 1. The quantitative estimate of drug-likeness (QED) is 0.779. The van der Waals surface area contributed by atoms with Crippen LogP contribution in [0.25, 0.3) is 10.6 Å². The van der Waals surface area contributed by atoms with E-state index < -0.39 is 0 Å². The smallest absolute Gasteiger partial charge is 0.255 e. The third kappa shape index (κ3) is 3.01. The van der Waals surface area contributed by atoms with Crippen molar-refractivity contribution in [2.45, 2.75) is 6.92 Å². The van der Waals surface area contributed by atoms with Crippen molar-refractivity contribution in [2.75, 3.05) is 5.32 Å². The van der Waals surface area contributed by atoms with E-state index in [0.29, 0.717) is 5.56 Å². The van der Waals surface area contributed by atoms with Crippen molar-refractivity contribution in [3.8, 4) is 10.6 Å². The van der Waals surface area contributed by atoms with Crippen molar-refractivity contribution in [1.29, 1.82) is 0 Å². The molecule has 0 aliphatic carbocycles. The van der Waals surface area contributed by atoms with Crippen molar-refractivity contribution in [3.63, 3.8) is 0 Å². The first kappa shape index (κ1) is 13.5.